The first kappa shape index (κ1) is 17.5. The number of rotatable bonds is 4. The topological polar surface area (TPSA) is 63.4 Å². The molecule has 1 amide bonds. The number of hydrogen-bond donors (Lipinski definition) is 2. The van der Waals surface area contributed by atoms with E-state index in [9.17, 15) is 4.79 Å². The predicted molar refractivity (Wildman–Crippen MR) is 106 cm³/mol. The molecule has 0 saturated heterocycles. The van der Waals surface area contributed by atoms with E-state index in [0.29, 0.717) is 17.1 Å². The molecule has 2 N–H and O–H groups in total. The molecule has 1 aromatic heterocycles. The molecule has 0 saturated carbocycles. The molecule has 1 atom stereocenters. The van der Waals surface area contributed by atoms with Crippen molar-refractivity contribution in [2.75, 3.05) is 14.2 Å². The van der Waals surface area contributed by atoms with Crippen LogP contribution < -0.4 is 14.8 Å². The number of aryl methyl sites for hydroxylation is 2. The molecule has 1 heterocycles. The fourth-order valence-electron chi connectivity index (χ4n) is 3.87. The maximum atomic E-state index is 12.7. The Hall–Kier alpha value is -2.95. The van der Waals surface area contributed by atoms with Gasteiger partial charge < -0.3 is 19.8 Å². The molecule has 1 aliphatic rings. The molecule has 0 bridgehead atoms. The van der Waals surface area contributed by atoms with Gasteiger partial charge in [-0.1, -0.05) is 11.6 Å². The fourth-order valence-corrected chi connectivity index (χ4v) is 3.87. The second-order valence-corrected chi connectivity index (χ2v) is 7.15. The summed E-state index contributed by atoms with van der Waals surface area (Å²) in [6, 6.07) is 11.8. The molecule has 3 aromatic rings. The highest BCUT2D eigenvalue weighted by atomic mass is 16.5. The number of fused-ring (bicyclic) bond motifs is 3. The van der Waals surface area contributed by atoms with Gasteiger partial charge in [-0.25, -0.2) is 0 Å². The maximum Gasteiger partial charge on any atom is 0.251 e. The van der Waals surface area contributed by atoms with E-state index in [4.69, 9.17) is 9.47 Å². The highest BCUT2D eigenvalue weighted by molar-refractivity contribution is 5.95. The van der Waals surface area contributed by atoms with Crippen LogP contribution in [-0.4, -0.2) is 31.2 Å². The van der Waals surface area contributed by atoms with Crippen molar-refractivity contribution in [2.45, 2.75) is 32.2 Å². The van der Waals surface area contributed by atoms with E-state index in [-0.39, 0.29) is 11.9 Å². The second-order valence-electron chi connectivity index (χ2n) is 7.15. The van der Waals surface area contributed by atoms with Crippen LogP contribution in [0.3, 0.4) is 0 Å². The number of carbonyl (C=O) groups is 1. The van der Waals surface area contributed by atoms with Crippen molar-refractivity contribution in [1.29, 1.82) is 0 Å². The molecule has 27 heavy (non-hydrogen) atoms. The Morgan fingerprint density at radius 3 is 2.56 bits per heavy atom. The second kappa shape index (κ2) is 6.99. The minimum absolute atomic E-state index is 0.104. The van der Waals surface area contributed by atoms with Gasteiger partial charge in [0.1, 0.15) is 11.5 Å². The van der Waals surface area contributed by atoms with Crippen molar-refractivity contribution in [3.05, 3.63) is 58.8 Å². The SMILES string of the molecule is COc1cc(OC)cc(C(=O)NC2CCc3c([nH]c4ccc(C)cc34)C2)c1. The number of methoxy groups -OCH3 is 2. The fraction of sp³-hybridized carbons (Fsp3) is 0.318. The molecule has 5 nitrogen and oxygen atoms in total. The van der Waals surface area contributed by atoms with Crippen molar-refractivity contribution in [3.63, 3.8) is 0 Å². The van der Waals surface area contributed by atoms with Crippen LogP contribution in [0.4, 0.5) is 0 Å². The number of aromatic amines is 1. The van der Waals surface area contributed by atoms with Crippen molar-refractivity contribution in [2.24, 2.45) is 0 Å². The zero-order chi connectivity index (χ0) is 19.0. The van der Waals surface area contributed by atoms with Gasteiger partial charge in [-0.2, -0.15) is 0 Å². The van der Waals surface area contributed by atoms with E-state index >= 15 is 0 Å². The molecule has 4 rings (SSSR count). The molecule has 140 valence electrons. The number of ether oxygens (including phenoxy) is 2. The van der Waals surface area contributed by atoms with Crippen LogP contribution in [-0.2, 0) is 12.8 Å². The van der Waals surface area contributed by atoms with Crippen LogP contribution >= 0.6 is 0 Å². The van der Waals surface area contributed by atoms with Gasteiger partial charge in [0.2, 0.25) is 0 Å². The van der Waals surface area contributed by atoms with Gasteiger partial charge in [0, 0.05) is 40.7 Å². The van der Waals surface area contributed by atoms with E-state index in [0.717, 1.165) is 19.3 Å². The molecule has 2 aromatic carbocycles. The number of H-pyrrole nitrogens is 1. The largest absolute Gasteiger partial charge is 0.497 e. The van der Waals surface area contributed by atoms with E-state index in [1.165, 1.54) is 27.7 Å². The van der Waals surface area contributed by atoms with E-state index in [1.807, 2.05) is 0 Å². The normalized spacial score (nSPS) is 16.0. The number of benzene rings is 2. The van der Waals surface area contributed by atoms with Gasteiger partial charge in [0.15, 0.2) is 0 Å². The molecule has 0 aliphatic heterocycles. The summed E-state index contributed by atoms with van der Waals surface area (Å²) in [5.41, 5.74) is 5.61. The van der Waals surface area contributed by atoms with Crippen molar-refractivity contribution < 1.29 is 14.3 Å². The van der Waals surface area contributed by atoms with Crippen LogP contribution in [0.2, 0.25) is 0 Å². The number of amides is 1. The average molecular weight is 364 g/mol. The smallest absolute Gasteiger partial charge is 0.251 e. The molecular weight excluding hydrogens is 340 g/mol. The Morgan fingerprint density at radius 2 is 1.85 bits per heavy atom. The van der Waals surface area contributed by atoms with Gasteiger partial charge >= 0.3 is 0 Å². The summed E-state index contributed by atoms with van der Waals surface area (Å²) in [6.07, 6.45) is 2.71. The molecule has 0 spiro atoms. The highest BCUT2D eigenvalue weighted by Crippen LogP contribution is 2.30. The molecule has 0 radical (unpaired) electrons. The lowest BCUT2D eigenvalue weighted by atomic mass is 9.91. The first-order valence-electron chi connectivity index (χ1n) is 9.21. The Kier molecular flexibility index (Phi) is 4.52. The minimum atomic E-state index is -0.104. The maximum absolute atomic E-state index is 12.7. The van der Waals surface area contributed by atoms with Gasteiger partial charge in [-0.15, -0.1) is 0 Å². The average Bonchev–Trinajstić information content (AvgIpc) is 3.04. The lowest BCUT2D eigenvalue weighted by Crippen LogP contribution is -2.38. The number of nitrogens with one attached hydrogen (secondary N) is 2. The Balaban J connectivity index is 1.53. The van der Waals surface area contributed by atoms with Crippen LogP contribution in [0.25, 0.3) is 10.9 Å². The number of aromatic nitrogens is 1. The summed E-state index contributed by atoms with van der Waals surface area (Å²) in [6.45, 7) is 2.12. The summed E-state index contributed by atoms with van der Waals surface area (Å²) < 4.78 is 10.5. The summed E-state index contributed by atoms with van der Waals surface area (Å²) in [7, 11) is 3.16. The first-order chi connectivity index (χ1) is 13.1. The molecular formula is C22H24N2O3. The molecule has 0 fully saturated rings. The van der Waals surface area contributed by atoms with Crippen molar-refractivity contribution in [3.8, 4) is 11.5 Å². The molecule has 1 aliphatic carbocycles. The third-order valence-corrected chi connectivity index (χ3v) is 5.29. The first-order valence-corrected chi connectivity index (χ1v) is 9.21. The van der Waals surface area contributed by atoms with Crippen LogP contribution in [0.1, 0.15) is 33.6 Å². The quantitative estimate of drug-likeness (QED) is 0.740. The van der Waals surface area contributed by atoms with Gasteiger partial charge in [0.25, 0.3) is 5.91 Å². The van der Waals surface area contributed by atoms with E-state index in [2.05, 4.69) is 35.4 Å². The number of hydrogen-bond acceptors (Lipinski definition) is 3. The summed E-state index contributed by atoms with van der Waals surface area (Å²) >= 11 is 0. The van der Waals surface area contributed by atoms with Crippen LogP contribution in [0.5, 0.6) is 11.5 Å². The summed E-state index contributed by atoms with van der Waals surface area (Å²) in [5, 5.41) is 4.48. The Bertz CT molecular complexity index is 984. The number of carbonyl (C=O) groups excluding carboxylic acids is 1. The standard InChI is InChI=1S/C22H24N2O3/c1-13-4-7-20-19(8-13)18-6-5-15(11-21(18)24-20)23-22(25)14-9-16(26-2)12-17(10-14)27-3/h4,7-10,12,15,24H,5-6,11H2,1-3H3,(H,23,25). The van der Waals surface area contributed by atoms with Gasteiger partial charge in [-0.3, -0.25) is 4.79 Å². The molecule has 1 unspecified atom stereocenters. The van der Waals surface area contributed by atoms with Crippen LogP contribution in [0, 0.1) is 6.92 Å². The van der Waals surface area contributed by atoms with Crippen LogP contribution in [0.15, 0.2) is 36.4 Å². The lowest BCUT2D eigenvalue weighted by molar-refractivity contribution is 0.0933. The molecule has 5 heteroatoms. The van der Waals surface area contributed by atoms with Gasteiger partial charge in [-0.05, 0) is 49.6 Å². The highest BCUT2D eigenvalue weighted by Gasteiger charge is 2.24. The lowest BCUT2D eigenvalue weighted by Gasteiger charge is -2.23. The monoisotopic (exact) mass is 364 g/mol. The Labute approximate surface area is 158 Å². The summed E-state index contributed by atoms with van der Waals surface area (Å²) in [5.74, 6) is 1.11. The zero-order valence-electron chi connectivity index (χ0n) is 15.9. The van der Waals surface area contributed by atoms with Crippen molar-refractivity contribution >= 4 is 16.8 Å². The van der Waals surface area contributed by atoms with Gasteiger partial charge in [0.05, 0.1) is 14.2 Å². The predicted octanol–water partition coefficient (Wildman–Crippen LogP) is 3.78. The summed E-state index contributed by atoms with van der Waals surface area (Å²) in [4.78, 5) is 16.3. The Morgan fingerprint density at radius 1 is 1.11 bits per heavy atom. The zero-order valence-corrected chi connectivity index (χ0v) is 15.9. The van der Waals surface area contributed by atoms with Crippen molar-refractivity contribution in [1.82, 2.24) is 10.3 Å². The minimum Gasteiger partial charge on any atom is -0.497 e. The van der Waals surface area contributed by atoms with E-state index in [1.54, 1.807) is 32.4 Å². The van der Waals surface area contributed by atoms with E-state index < -0.39 is 0 Å². The third-order valence-electron chi connectivity index (χ3n) is 5.29. The third kappa shape index (κ3) is 3.37.